The summed E-state index contributed by atoms with van der Waals surface area (Å²) < 4.78 is 0. The third kappa shape index (κ3) is 3.18. The quantitative estimate of drug-likeness (QED) is 0.837. The fourth-order valence-corrected chi connectivity index (χ4v) is 2.34. The molecule has 2 rings (SSSR count). The van der Waals surface area contributed by atoms with Crippen LogP contribution in [-0.2, 0) is 0 Å². The number of rotatable bonds is 6. The number of hydrogen-bond donors (Lipinski definition) is 2. The van der Waals surface area contributed by atoms with Crippen LogP contribution in [-0.4, -0.2) is 22.6 Å². The van der Waals surface area contributed by atoms with Crippen LogP contribution in [0.2, 0.25) is 0 Å². The summed E-state index contributed by atoms with van der Waals surface area (Å²) in [5.41, 5.74) is 0.972. The lowest BCUT2D eigenvalue weighted by molar-refractivity contribution is 0.510. The average molecular weight is 272 g/mol. The van der Waals surface area contributed by atoms with Gasteiger partial charge in [-0.15, -0.1) is 0 Å². The molecule has 1 unspecified atom stereocenters. The van der Waals surface area contributed by atoms with Gasteiger partial charge in [0, 0.05) is 18.0 Å². The van der Waals surface area contributed by atoms with Crippen molar-refractivity contribution in [1.82, 2.24) is 9.97 Å². The Bertz CT molecular complexity index is 565. The molecule has 0 fully saturated rings. The summed E-state index contributed by atoms with van der Waals surface area (Å²) in [6.07, 6.45) is 1.08. The van der Waals surface area contributed by atoms with E-state index in [4.69, 9.17) is 0 Å². The molecule has 0 saturated carbocycles. The first-order chi connectivity index (χ1) is 9.65. The van der Waals surface area contributed by atoms with Crippen LogP contribution < -0.4 is 10.6 Å². The van der Waals surface area contributed by atoms with Gasteiger partial charge in [0.15, 0.2) is 0 Å². The second kappa shape index (κ2) is 6.55. The molecule has 4 heteroatoms. The van der Waals surface area contributed by atoms with E-state index >= 15 is 0 Å². The van der Waals surface area contributed by atoms with E-state index in [1.54, 1.807) is 0 Å². The minimum atomic E-state index is 0.419. The van der Waals surface area contributed by atoms with Gasteiger partial charge in [-0.2, -0.15) is 4.98 Å². The zero-order chi connectivity index (χ0) is 14.5. The van der Waals surface area contributed by atoms with Gasteiger partial charge in [0.2, 0.25) is 5.95 Å². The molecule has 0 aliphatic heterocycles. The normalized spacial score (nSPS) is 12.7. The Morgan fingerprint density at radius 3 is 2.50 bits per heavy atom. The molecule has 0 bridgehead atoms. The van der Waals surface area contributed by atoms with Crippen molar-refractivity contribution in [1.29, 1.82) is 0 Å². The Kier molecular flexibility index (Phi) is 4.77. The average Bonchev–Trinajstić information content (AvgIpc) is 2.44. The summed E-state index contributed by atoms with van der Waals surface area (Å²) in [6, 6.07) is 8.55. The number of nitrogens with zero attached hydrogens (tertiary/aromatic N) is 2. The summed E-state index contributed by atoms with van der Waals surface area (Å²) in [6.45, 7) is 9.53. The number of nitrogens with one attached hydrogen (secondary N) is 2. The molecule has 1 aromatic carbocycles. The van der Waals surface area contributed by atoms with Crippen molar-refractivity contribution >= 4 is 22.7 Å². The monoisotopic (exact) mass is 272 g/mol. The highest BCUT2D eigenvalue weighted by molar-refractivity contribution is 5.90. The highest BCUT2D eigenvalue weighted by Crippen LogP contribution is 2.24. The number of hydrogen-bond acceptors (Lipinski definition) is 4. The smallest absolute Gasteiger partial charge is 0.225 e. The number of fused-ring (bicyclic) bond motifs is 1. The van der Waals surface area contributed by atoms with Crippen molar-refractivity contribution in [3.63, 3.8) is 0 Å². The molecule has 2 N–H and O–H groups in total. The Balaban J connectivity index is 2.43. The van der Waals surface area contributed by atoms with Crippen LogP contribution in [0.5, 0.6) is 0 Å². The number of anilines is 2. The highest BCUT2D eigenvalue weighted by Gasteiger charge is 2.14. The van der Waals surface area contributed by atoms with Gasteiger partial charge < -0.3 is 10.6 Å². The van der Waals surface area contributed by atoms with Gasteiger partial charge in [-0.05, 0) is 31.4 Å². The van der Waals surface area contributed by atoms with Gasteiger partial charge in [0.25, 0.3) is 0 Å². The Morgan fingerprint density at radius 2 is 1.85 bits per heavy atom. The Hall–Kier alpha value is -1.84. The lowest BCUT2D eigenvalue weighted by Gasteiger charge is -2.22. The largest absolute Gasteiger partial charge is 0.366 e. The predicted octanol–water partition coefficient (Wildman–Crippen LogP) is 3.91. The van der Waals surface area contributed by atoms with Gasteiger partial charge in [-0.1, -0.05) is 32.9 Å². The zero-order valence-corrected chi connectivity index (χ0v) is 12.8. The molecule has 1 aromatic heterocycles. The SMILES string of the molecule is CCNc1nc(NC(CC)C(C)C)c2ccccc2n1. The van der Waals surface area contributed by atoms with Gasteiger partial charge >= 0.3 is 0 Å². The van der Waals surface area contributed by atoms with Gasteiger partial charge in [0.1, 0.15) is 5.82 Å². The van der Waals surface area contributed by atoms with Crippen LogP contribution in [0.4, 0.5) is 11.8 Å². The van der Waals surface area contributed by atoms with Crippen LogP contribution in [0.1, 0.15) is 34.1 Å². The van der Waals surface area contributed by atoms with E-state index in [1.165, 1.54) is 0 Å². The van der Waals surface area contributed by atoms with Crippen LogP contribution in [0.15, 0.2) is 24.3 Å². The van der Waals surface area contributed by atoms with Crippen molar-refractivity contribution < 1.29 is 0 Å². The standard InChI is InChI=1S/C16H24N4/c1-5-13(11(3)4)18-15-12-9-7-8-10-14(12)19-16(20-15)17-6-2/h7-11,13H,5-6H2,1-4H3,(H2,17,18,19,20). The molecule has 1 heterocycles. The van der Waals surface area contributed by atoms with E-state index in [2.05, 4.69) is 54.4 Å². The predicted molar refractivity (Wildman–Crippen MR) is 86.2 cm³/mol. The fraction of sp³-hybridized carbons (Fsp3) is 0.500. The maximum Gasteiger partial charge on any atom is 0.225 e. The second-order valence-corrected chi connectivity index (χ2v) is 5.35. The Morgan fingerprint density at radius 1 is 1.10 bits per heavy atom. The first-order valence-corrected chi connectivity index (χ1v) is 7.42. The van der Waals surface area contributed by atoms with Crippen molar-refractivity contribution in [2.75, 3.05) is 17.2 Å². The molecule has 0 aliphatic carbocycles. The third-order valence-corrected chi connectivity index (χ3v) is 3.50. The lowest BCUT2D eigenvalue weighted by Crippen LogP contribution is -2.25. The van der Waals surface area contributed by atoms with E-state index in [-0.39, 0.29) is 0 Å². The third-order valence-electron chi connectivity index (χ3n) is 3.50. The topological polar surface area (TPSA) is 49.8 Å². The summed E-state index contributed by atoms with van der Waals surface area (Å²) in [5, 5.41) is 7.85. The molecule has 108 valence electrons. The summed E-state index contributed by atoms with van der Waals surface area (Å²) in [4.78, 5) is 9.17. The zero-order valence-electron chi connectivity index (χ0n) is 12.8. The van der Waals surface area contributed by atoms with Crippen molar-refractivity contribution in [2.24, 2.45) is 5.92 Å². The van der Waals surface area contributed by atoms with Crippen molar-refractivity contribution in [3.8, 4) is 0 Å². The molecule has 20 heavy (non-hydrogen) atoms. The summed E-state index contributed by atoms with van der Waals surface area (Å²) >= 11 is 0. The highest BCUT2D eigenvalue weighted by atomic mass is 15.1. The first-order valence-electron chi connectivity index (χ1n) is 7.42. The van der Waals surface area contributed by atoms with Gasteiger partial charge in [0.05, 0.1) is 5.52 Å². The lowest BCUT2D eigenvalue weighted by atomic mass is 10.0. The first kappa shape index (κ1) is 14.6. The minimum Gasteiger partial charge on any atom is -0.366 e. The van der Waals surface area contributed by atoms with E-state index in [1.807, 2.05) is 18.2 Å². The minimum absolute atomic E-state index is 0.419. The number of benzene rings is 1. The molecule has 0 aliphatic rings. The molecule has 4 nitrogen and oxygen atoms in total. The van der Waals surface area contributed by atoms with Crippen LogP contribution >= 0.6 is 0 Å². The van der Waals surface area contributed by atoms with E-state index in [0.717, 1.165) is 29.7 Å². The van der Waals surface area contributed by atoms with Crippen molar-refractivity contribution in [3.05, 3.63) is 24.3 Å². The van der Waals surface area contributed by atoms with Crippen LogP contribution in [0, 0.1) is 5.92 Å². The molecule has 0 spiro atoms. The molecular weight excluding hydrogens is 248 g/mol. The van der Waals surface area contributed by atoms with Crippen LogP contribution in [0.3, 0.4) is 0 Å². The molecule has 0 amide bonds. The maximum atomic E-state index is 4.63. The van der Waals surface area contributed by atoms with E-state index < -0.39 is 0 Å². The molecular formula is C16H24N4. The molecule has 2 aromatic rings. The second-order valence-electron chi connectivity index (χ2n) is 5.35. The number of aromatic nitrogens is 2. The summed E-state index contributed by atoms with van der Waals surface area (Å²) in [5.74, 6) is 2.18. The molecule has 1 atom stereocenters. The van der Waals surface area contributed by atoms with Crippen LogP contribution in [0.25, 0.3) is 10.9 Å². The Labute approximate surface area is 121 Å². The van der Waals surface area contributed by atoms with Gasteiger partial charge in [-0.25, -0.2) is 4.98 Å². The van der Waals surface area contributed by atoms with E-state index in [0.29, 0.717) is 17.9 Å². The maximum absolute atomic E-state index is 4.63. The fourth-order valence-electron chi connectivity index (χ4n) is 2.34. The van der Waals surface area contributed by atoms with Gasteiger partial charge in [-0.3, -0.25) is 0 Å². The van der Waals surface area contributed by atoms with E-state index in [9.17, 15) is 0 Å². The summed E-state index contributed by atoms with van der Waals surface area (Å²) in [7, 11) is 0. The number of para-hydroxylation sites is 1. The van der Waals surface area contributed by atoms with Crippen molar-refractivity contribution in [2.45, 2.75) is 40.2 Å². The molecule has 0 saturated heterocycles. The molecule has 0 radical (unpaired) electrons.